The van der Waals surface area contributed by atoms with Gasteiger partial charge in [0.25, 0.3) is 5.56 Å². The van der Waals surface area contributed by atoms with Crippen LogP contribution < -0.4 is 11.0 Å². The highest BCUT2D eigenvalue weighted by Crippen LogP contribution is 2.20. The number of rotatable bonds is 5. The summed E-state index contributed by atoms with van der Waals surface area (Å²) in [6, 6.07) is 7.38. The predicted molar refractivity (Wildman–Crippen MR) is 99.4 cm³/mol. The van der Waals surface area contributed by atoms with Crippen molar-refractivity contribution in [3.63, 3.8) is 0 Å². The van der Waals surface area contributed by atoms with Crippen molar-refractivity contribution in [2.75, 3.05) is 0 Å². The van der Waals surface area contributed by atoms with Crippen LogP contribution in [-0.2, 0) is 17.6 Å². The zero-order valence-corrected chi connectivity index (χ0v) is 14.4. The van der Waals surface area contributed by atoms with Gasteiger partial charge in [-0.3, -0.25) is 14.6 Å². The topological polar surface area (TPSA) is 106 Å². The maximum Gasteiger partial charge on any atom is 0.251 e. The molecule has 0 saturated carbocycles. The molecule has 1 amide bonds. The molecule has 3 aromatic rings. The first-order chi connectivity index (χ1) is 12.1. The fraction of sp³-hybridized carbons (Fsp3) is 0.176. The van der Waals surface area contributed by atoms with E-state index in [-0.39, 0.29) is 22.7 Å². The largest absolute Gasteiger partial charge is 0.360 e. The third kappa shape index (κ3) is 3.92. The number of hydrazone groups is 1. The van der Waals surface area contributed by atoms with Crippen LogP contribution in [-0.4, -0.2) is 27.1 Å². The van der Waals surface area contributed by atoms with Crippen molar-refractivity contribution in [3.05, 3.63) is 62.4 Å². The summed E-state index contributed by atoms with van der Waals surface area (Å²) in [7, 11) is 0. The number of para-hydroxylation sites is 1. The van der Waals surface area contributed by atoms with Crippen LogP contribution in [0.1, 0.15) is 23.7 Å². The molecule has 4 N–H and O–H groups in total. The number of nitrogens with zero attached hydrogens (tertiary/aromatic N) is 1. The van der Waals surface area contributed by atoms with Crippen LogP contribution in [0.25, 0.3) is 10.9 Å². The van der Waals surface area contributed by atoms with Crippen LogP contribution in [0, 0.1) is 4.77 Å². The van der Waals surface area contributed by atoms with Gasteiger partial charge in [0.2, 0.25) is 5.91 Å². The highest BCUT2D eigenvalue weighted by Gasteiger charge is 2.06. The van der Waals surface area contributed by atoms with Crippen LogP contribution in [0.2, 0.25) is 0 Å². The number of carbonyl (C=O) groups excluding carboxylic acids is 1. The van der Waals surface area contributed by atoms with Gasteiger partial charge >= 0.3 is 0 Å². The van der Waals surface area contributed by atoms with Gasteiger partial charge in [-0.05, 0) is 24.2 Å². The van der Waals surface area contributed by atoms with Crippen molar-refractivity contribution in [1.29, 1.82) is 0 Å². The summed E-state index contributed by atoms with van der Waals surface area (Å²) in [5.74, 6) is -0.346. The van der Waals surface area contributed by atoms with E-state index in [0.717, 1.165) is 22.9 Å². The smallest absolute Gasteiger partial charge is 0.251 e. The Hall–Kier alpha value is -3.00. The van der Waals surface area contributed by atoms with Crippen LogP contribution in [0.15, 0.2) is 40.4 Å². The highest BCUT2D eigenvalue weighted by molar-refractivity contribution is 7.71. The average Bonchev–Trinajstić information content (AvgIpc) is 2.97. The molecule has 0 unspecified atom stereocenters. The fourth-order valence-electron chi connectivity index (χ4n) is 2.64. The zero-order chi connectivity index (χ0) is 17.8. The summed E-state index contributed by atoms with van der Waals surface area (Å²) in [6.45, 7) is 2.10. The Labute approximate surface area is 148 Å². The van der Waals surface area contributed by atoms with Gasteiger partial charge in [0.15, 0.2) is 4.77 Å². The molecule has 0 spiro atoms. The molecule has 2 aromatic heterocycles. The standard InChI is InChI=1S/C17H17N5O2S/c1-2-10-4-3-5-13-11(8-18-16(10)13)9-19-22-15(24)7-12-6-14(23)21-17(25)20-12/h3-6,8-9,18H,2,7H2,1H3,(H,22,24)(H2,20,21,23,25)/b19-9+. The molecule has 0 radical (unpaired) electrons. The second kappa shape index (κ2) is 7.27. The maximum absolute atomic E-state index is 11.9. The van der Waals surface area contributed by atoms with Crippen molar-refractivity contribution in [2.45, 2.75) is 19.8 Å². The molecular formula is C17H17N5O2S. The molecule has 0 aliphatic heterocycles. The Kier molecular flexibility index (Phi) is 4.90. The van der Waals surface area contributed by atoms with E-state index in [4.69, 9.17) is 12.2 Å². The van der Waals surface area contributed by atoms with Crippen LogP contribution in [0.5, 0.6) is 0 Å². The van der Waals surface area contributed by atoms with Gasteiger partial charge in [0, 0.05) is 34.4 Å². The first-order valence-electron chi connectivity index (χ1n) is 7.80. The van der Waals surface area contributed by atoms with Crippen LogP contribution in [0.4, 0.5) is 0 Å². The Bertz CT molecular complexity index is 1030. The Morgan fingerprint density at radius 3 is 2.96 bits per heavy atom. The molecule has 0 saturated heterocycles. The van der Waals surface area contributed by atoms with E-state index < -0.39 is 0 Å². The number of hydrogen-bond donors (Lipinski definition) is 4. The Morgan fingerprint density at radius 2 is 2.20 bits per heavy atom. The summed E-state index contributed by atoms with van der Waals surface area (Å²) >= 11 is 4.87. The third-order valence-electron chi connectivity index (χ3n) is 3.77. The number of aromatic nitrogens is 3. The summed E-state index contributed by atoms with van der Waals surface area (Å²) in [5.41, 5.74) is 5.73. The van der Waals surface area contributed by atoms with Gasteiger partial charge in [0.1, 0.15) is 0 Å². The number of H-pyrrole nitrogens is 3. The van der Waals surface area contributed by atoms with Gasteiger partial charge in [0.05, 0.1) is 12.6 Å². The summed E-state index contributed by atoms with van der Waals surface area (Å²) < 4.78 is 0.185. The molecule has 1 aromatic carbocycles. The monoisotopic (exact) mass is 355 g/mol. The van der Waals surface area contributed by atoms with Crippen LogP contribution >= 0.6 is 12.2 Å². The lowest BCUT2D eigenvalue weighted by Gasteiger charge is -2.00. The molecule has 0 fully saturated rings. The number of carbonyl (C=O) groups is 1. The van der Waals surface area contributed by atoms with Crippen molar-refractivity contribution in [2.24, 2.45) is 5.10 Å². The van der Waals surface area contributed by atoms with Crippen molar-refractivity contribution in [3.8, 4) is 0 Å². The number of amides is 1. The van der Waals surface area contributed by atoms with Gasteiger partial charge in [-0.15, -0.1) is 0 Å². The summed E-state index contributed by atoms with van der Waals surface area (Å²) in [4.78, 5) is 31.7. The fourth-order valence-corrected chi connectivity index (χ4v) is 2.87. The zero-order valence-electron chi connectivity index (χ0n) is 13.6. The number of aryl methyl sites for hydroxylation is 1. The molecule has 25 heavy (non-hydrogen) atoms. The van der Waals surface area contributed by atoms with E-state index in [1.807, 2.05) is 18.3 Å². The van der Waals surface area contributed by atoms with Gasteiger partial charge in [-0.25, -0.2) is 5.43 Å². The van der Waals surface area contributed by atoms with E-state index >= 15 is 0 Å². The SMILES string of the molecule is CCc1cccc2c(/C=N/NC(=O)Cc3cc(=O)[nH]c(=S)[nH]3)c[nH]c12. The summed E-state index contributed by atoms with van der Waals surface area (Å²) in [5, 5.41) is 5.04. The minimum Gasteiger partial charge on any atom is -0.360 e. The van der Waals surface area contributed by atoms with Crippen molar-refractivity contribution < 1.29 is 4.79 Å². The molecule has 0 atom stereocenters. The lowest BCUT2D eigenvalue weighted by Crippen LogP contribution is -2.21. The molecular weight excluding hydrogens is 338 g/mol. The highest BCUT2D eigenvalue weighted by atomic mass is 32.1. The lowest BCUT2D eigenvalue weighted by molar-refractivity contribution is -0.120. The normalized spacial score (nSPS) is 11.2. The first kappa shape index (κ1) is 16.8. The van der Waals surface area contributed by atoms with E-state index in [9.17, 15) is 9.59 Å². The molecule has 8 heteroatoms. The van der Waals surface area contributed by atoms with Crippen LogP contribution in [0.3, 0.4) is 0 Å². The van der Waals surface area contributed by atoms with Crippen molar-refractivity contribution >= 4 is 35.2 Å². The number of fused-ring (bicyclic) bond motifs is 1. The van der Waals surface area contributed by atoms with Crippen molar-refractivity contribution in [1.82, 2.24) is 20.4 Å². The molecule has 128 valence electrons. The average molecular weight is 355 g/mol. The van der Waals surface area contributed by atoms with E-state index in [2.05, 4.69) is 38.5 Å². The molecule has 2 heterocycles. The minimum absolute atomic E-state index is 0.0151. The lowest BCUT2D eigenvalue weighted by atomic mass is 10.1. The Balaban J connectivity index is 1.70. The number of benzene rings is 1. The second-order valence-electron chi connectivity index (χ2n) is 5.52. The number of hydrogen-bond acceptors (Lipinski definition) is 4. The second-order valence-corrected chi connectivity index (χ2v) is 5.93. The van der Waals surface area contributed by atoms with Gasteiger partial charge in [-0.2, -0.15) is 5.10 Å². The molecule has 0 aliphatic rings. The van der Waals surface area contributed by atoms with Gasteiger partial charge in [-0.1, -0.05) is 25.1 Å². The number of nitrogens with one attached hydrogen (secondary N) is 4. The van der Waals surface area contributed by atoms with Gasteiger partial charge < -0.3 is 9.97 Å². The molecule has 0 aliphatic carbocycles. The molecule has 7 nitrogen and oxygen atoms in total. The maximum atomic E-state index is 11.9. The first-order valence-corrected chi connectivity index (χ1v) is 8.21. The predicted octanol–water partition coefficient (Wildman–Crippen LogP) is 2.17. The third-order valence-corrected chi connectivity index (χ3v) is 3.98. The van der Waals surface area contributed by atoms with E-state index in [0.29, 0.717) is 5.69 Å². The quantitative estimate of drug-likeness (QED) is 0.320. The molecule has 3 rings (SSSR count). The van der Waals surface area contributed by atoms with E-state index in [1.165, 1.54) is 11.6 Å². The summed E-state index contributed by atoms with van der Waals surface area (Å²) in [6.07, 6.45) is 4.37. The Morgan fingerprint density at radius 1 is 1.36 bits per heavy atom. The van der Waals surface area contributed by atoms with E-state index in [1.54, 1.807) is 6.21 Å². The molecule has 0 bridgehead atoms. The number of aromatic amines is 3. The minimum atomic E-state index is -0.347.